The summed E-state index contributed by atoms with van der Waals surface area (Å²) in [5.41, 5.74) is 7.05. The van der Waals surface area contributed by atoms with Gasteiger partial charge >= 0.3 is 0 Å². The number of hydrogen-bond donors (Lipinski definition) is 1. The van der Waals surface area contributed by atoms with Gasteiger partial charge in [-0.2, -0.15) is 0 Å². The first-order valence-electron chi connectivity index (χ1n) is 4.55. The summed E-state index contributed by atoms with van der Waals surface area (Å²) in [6.07, 6.45) is 1.55. The lowest BCUT2D eigenvalue weighted by Gasteiger charge is -2.07. The highest BCUT2D eigenvalue weighted by Gasteiger charge is 2.15. The van der Waals surface area contributed by atoms with Gasteiger partial charge in [-0.1, -0.05) is 34.8 Å². The molecule has 1 aromatic heterocycles. The molecule has 0 amide bonds. The summed E-state index contributed by atoms with van der Waals surface area (Å²) in [7, 11) is 0. The Labute approximate surface area is 108 Å². The zero-order valence-electron chi connectivity index (χ0n) is 8.14. The molecule has 2 N–H and O–H groups in total. The summed E-state index contributed by atoms with van der Waals surface area (Å²) < 4.78 is 5.23. The summed E-state index contributed by atoms with van der Waals surface area (Å²) in [6, 6.07) is 5.05. The summed E-state index contributed by atoms with van der Waals surface area (Å²) in [4.78, 5) is 0. The number of rotatable bonds is 2. The number of hydrogen-bond acceptors (Lipinski definition) is 2. The van der Waals surface area contributed by atoms with E-state index >= 15 is 0 Å². The molecule has 5 heteroatoms. The predicted octanol–water partition coefficient (Wildman–Crippen LogP) is 4.37. The van der Waals surface area contributed by atoms with E-state index in [0.717, 1.165) is 5.56 Å². The summed E-state index contributed by atoms with van der Waals surface area (Å²) >= 11 is 18.0. The molecule has 84 valence electrons. The Balaban J connectivity index is 2.64. The largest absolute Gasteiger partial charge is 0.467 e. The van der Waals surface area contributed by atoms with Crippen LogP contribution in [0.25, 0.3) is 11.1 Å². The summed E-state index contributed by atoms with van der Waals surface area (Å²) in [5, 5.41) is 1.46. The van der Waals surface area contributed by atoms with Gasteiger partial charge in [0.2, 0.25) is 0 Å². The van der Waals surface area contributed by atoms with Crippen molar-refractivity contribution in [2.24, 2.45) is 5.73 Å². The summed E-state index contributed by atoms with van der Waals surface area (Å²) in [6.45, 7) is 0.289. The quantitative estimate of drug-likeness (QED) is 0.885. The molecule has 0 unspecified atom stereocenters. The molecule has 2 aromatic rings. The Hall–Kier alpha value is -0.670. The fraction of sp³-hybridized carbons (Fsp3) is 0.0909. The maximum Gasteiger partial charge on any atom is 0.125 e. The van der Waals surface area contributed by atoms with E-state index in [9.17, 15) is 0 Å². The van der Waals surface area contributed by atoms with Crippen molar-refractivity contribution in [1.29, 1.82) is 0 Å². The second-order valence-electron chi connectivity index (χ2n) is 3.21. The van der Waals surface area contributed by atoms with Crippen molar-refractivity contribution < 1.29 is 4.42 Å². The van der Waals surface area contributed by atoms with Crippen LogP contribution in [0.5, 0.6) is 0 Å². The number of nitrogens with two attached hydrogens (primary N) is 1. The molecule has 0 saturated heterocycles. The van der Waals surface area contributed by atoms with Crippen molar-refractivity contribution >= 4 is 34.8 Å². The molecule has 2 nitrogen and oxygen atoms in total. The zero-order chi connectivity index (χ0) is 11.7. The van der Waals surface area contributed by atoms with E-state index in [1.807, 2.05) is 0 Å². The minimum absolute atomic E-state index is 0.289. The van der Waals surface area contributed by atoms with Crippen LogP contribution in [0.3, 0.4) is 0 Å². The molecule has 1 aromatic carbocycles. The van der Waals surface area contributed by atoms with Crippen molar-refractivity contribution in [3.05, 3.63) is 45.3 Å². The topological polar surface area (TPSA) is 39.2 Å². The van der Waals surface area contributed by atoms with E-state index in [1.165, 1.54) is 0 Å². The van der Waals surface area contributed by atoms with Crippen LogP contribution in [0.15, 0.2) is 28.9 Å². The van der Waals surface area contributed by atoms with Gasteiger partial charge in [0.15, 0.2) is 0 Å². The van der Waals surface area contributed by atoms with Crippen LogP contribution < -0.4 is 5.73 Å². The zero-order valence-corrected chi connectivity index (χ0v) is 10.4. The second kappa shape index (κ2) is 4.68. The normalized spacial score (nSPS) is 10.8. The lowest BCUT2D eigenvalue weighted by Crippen LogP contribution is -1.96. The van der Waals surface area contributed by atoms with Crippen molar-refractivity contribution in [2.45, 2.75) is 6.54 Å². The molecule has 0 radical (unpaired) electrons. The average Bonchev–Trinajstić information content (AvgIpc) is 2.64. The highest BCUT2D eigenvalue weighted by molar-refractivity contribution is 6.41. The van der Waals surface area contributed by atoms with Gasteiger partial charge in [0.1, 0.15) is 5.76 Å². The highest BCUT2D eigenvalue weighted by Crippen LogP contribution is 2.39. The average molecular weight is 277 g/mol. The molecule has 0 aliphatic rings. The molecule has 0 bridgehead atoms. The van der Waals surface area contributed by atoms with Gasteiger partial charge in [0, 0.05) is 16.1 Å². The molecular formula is C11H8Cl3NO. The Morgan fingerprint density at radius 2 is 1.75 bits per heavy atom. The minimum Gasteiger partial charge on any atom is -0.467 e. The molecule has 0 aliphatic heterocycles. The van der Waals surface area contributed by atoms with Gasteiger partial charge in [-0.25, -0.2) is 0 Å². The van der Waals surface area contributed by atoms with Gasteiger partial charge < -0.3 is 10.2 Å². The van der Waals surface area contributed by atoms with Gasteiger partial charge in [-0.05, 0) is 18.2 Å². The SMILES string of the molecule is NCc1occc1-c1c(Cl)cc(Cl)cc1Cl. The Bertz CT molecular complexity index is 499. The third-order valence-electron chi connectivity index (χ3n) is 2.21. The molecular weight excluding hydrogens is 268 g/mol. The third-order valence-corrected chi connectivity index (χ3v) is 3.02. The molecule has 16 heavy (non-hydrogen) atoms. The lowest BCUT2D eigenvalue weighted by atomic mass is 10.1. The van der Waals surface area contributed by atoms with Crippen molar-refractivity contribution in [3.8, 4) is 11.1 Å². The molecule has 0 aliphatic carbocycles. The van der Waals surface area contributed by atoms with Crippen LogP contribution in [-0.4, -0.2) is 0 Å². The van der Waals surface area contributed by atoms with E-state index in [4.69, 9.17) is 45.0 Å². The van der Waals surface area contributed by atoms with Crippen molar-refractivity contribution in [2.75, 3.05) is 0 Å². The molecule has 2 rings (SSSR count). The van der Waals surface area contributed by atoms with Gasteiger partial charge in [-0.3, -0.25) is 0 Å². The first-order chi connectivity index (χ1) is 7.63. The van der Waals surface area contributed by atoms with E-state index in [0.29, 0.717) is 26.4 Å². The minimum atomic E-state index is 0.289. The Kier molecular flexibility index (Phi) is 3.45. The fourth-order valence-corrected chi connectivity index (χ4v) is 2.54. The van der Waals surface area contributed by atoms with Crippen LogP contribution in [0.4, 0.5) is 0 Å². The van der Waals surface area contributed by atoms with E-state index in [-0.39, 0.29) is 6.54 Å². The van der Waals surface area contributed by atoms with Gasteiger partial charge in [0.05, 0.1) is 22.9 Å². The number of furan rings is 1. The molecule has 1 heterocycles. The maximum absolute atomic E-state index is 6.10. The van der Waals surface area contributed by atoms with Gasteiger partial charge in [0.25, 0.3) is 0 Å². The van der Waals surface area contributed by atoms with Gasteiger partial charge in [-0.15, -0.1) is 0 Å². The number of benzene rings is 1. The summed E-state index contributed by atoms with van der Waals surface area (Å²) in [5.74, 6) is 0.645. The molecule has 0 saturated carbocycles. The number of halogens is 3. The fourth-order valence-electron chi connectivity index (χ4n) is 1.52. The Morgan fingerprint density at radius 1 is 1.12 bits per heavy atom. The molecule has 0 fully saturated rings. The monoisotopic (exact) mass is 275 g/mol. The van der Waals surface area contributed by atoms with E-state index in [1.54, 1.807) is 24.5 Å². The van der Waals surface area contributed by atoms with Crippen LogP contribution in [-0.2, 0) is 6.54 Å². The van der Waals surface area contributed by atoms with Crippen LogP contribution >= 0.6 is 34.8 Å². The van der Waals surface area contributed by atoms with Crippen LogP contribution in [0, 0.1) is 0 Å². The maximum atomic E-state index is 6.10. The first-order valence-corrected chi connectivity index (χ1v) is 5.68. The predicted molar refractivity (Wildman–Crippen MR) is 67.1 cm³/mol. The second-order valence-corrected chi connectivity index (χ2v) is 4.46. The van der Waals surface area contributed by atoms with Crippen LogP contribution in [0.1, 0.15) is 5.76 Å². The standard InChI is InChI=1S/C11H8Cl3NO/c12-6-3-8(13)11(9(14)4-6)7-1-2-16-10(7)5-15/h1-4H,5,15H2. The van der Waals surface area contributed by atoms with Crippen LogP contribution in [0.2, 0.25) is 15.1 Å². The smallest absolute Gasteiger partial charge is 0.125 e. The molecule has 0 spiro atoms. The van der Waals surface area contributed by atoms with Crippen molar-refractivity contribution in [1.82, 2.24) is 0 Å². The third kappa shape index (κ3) is 2.06. The first kappa shape index (κ1) is 11.8. The van der Waals surface area contributed by atoms with E-state index < -0.39 is 0 Å². The van der Waals surface area contributed by atoms with E-state index in [2.05, 4.69) is 0 Å². The van der Waals surface area contributed by atoms with Crippen molar-refractivity contribution in [3.63, 3.8) is 0 Å². The lowest BCUT2D eigenvalue weighted by molar-refractivity contribution is 0.513. The molecule has 0 atom stereocenters. The Morgan fingerprint density at radius 3 is 2.31 bits per heavy atom. The highest BCUT2D eigenvalue weighted by atomic mass is 35.5.